The van der Waals surface area contributed by atoms with Crippen LogP contribution in [-0.4, -0.2) is 19.0 Å². The van der Waals surface area contributed by atoms with Crippen molar-refractivity contribution in [1.82, 2.24) is 5.32 Å². The van der Waals surface area contributed by atoms with Crippen LogP contribution in [0.2, 0.25) is 0 Å². The third-order valence-corrected chi connectivity index (χ3v) is 1.18. The Hall–Kier alpha value is -0.440. The SMILES string of the molecule is C=CC(C)NCCC(F)F. The lowest BCUT2D eigenvalue weighted by molar-refractivity contribution is 0.137. The van der Waals surface area contributed by atoms with Crippen molar-refractivity contribution < 1.29 is 8.78 Å². The summed E-state index contributed by atoms with van der Waals surface area (Å²) in [6, 6.07) is 0.124. The predicted molar refractivity (Wildman–Crippen MR) is 38.3 cm³/mol. The van der Waals surface area contributed by atoms with Crippen LogP contribution in [0.15, 0.2) is 12.7 Å². The zero-order valence-electron chi connectivity index (χ0n) is 6.11. The van der Waals surface area contributed by atoms with Crippen LogP contribution >= 0.6 is 0 Å². The van der Waals surface area contributed by atoms with E-state index >= 15 is 0 Å². The van der Waals surface area contributed by atoms with E-state index in [0.717, 1.165) is 0 Å². The fourth-order valence-electron chi connectivity index (χ4n) is 0.503. The molecule has 3 heteroatoms. The van der Waals surface area contributed by atoms with Crippen molar-refractivity contribution in [2.45, 2.75) is 25.8 Å². The summed E-state index contributed by atoms with van der Waals surface area (Å²) in [5, 5.41) is 2.87. The van der Waals surface area contributed by atoms with Gasteiger partial charge in [0.05, 0.1) is 0 Å². The maximum Gasteiger partial charge on any atom is 0.239 e. The average molecular weight is 149 g/mol. The van der Waals surface area contributed by atoms with Crippen LogP contribution in [0.25, 0.3) is 0 Å². The van der Waals surface area contributed by atoms with Crippen molar-refractivity contribution >= 4 is 0 Å². The minimum absolute atomic E-state index is 0.0851. The van der Waals surface area contributed by atoms with Gasteiger partial charge in [-0.25, -0.2) is 8.78 Å². The highest BCUT2D eigenvalue weighted by atomic mass is 19.3. The number of rotatable bonds is 5. The van der Waals surface area contributed by atoms with Crippen molar-refractivity contribution in [3.05, 3.63) is 12.7 Å². The minimum atomic E-state index is -2.20. The molecule has 0 saturated carbocycles. The summed E-state index contributed by atoms with van der Waals surface area (Å²) in [5.74, 6) is 0. The normalized spacial score (nSPS) is 13.6. The Balaban J connectivity index is 3.11. The summed E-state index contributed by atoms with van der Waals surface area (Å²) in [6.07, 6.45) is -0.603. The van der Waals surface area contributed by atoms with Gasteiger partial charge in [0, 0.05) is 19.0 Å². The molecule has 1 nitrogen and oxygen atoms in total. The monoisotopic (exact) mass is 149 g/mol. The van der Waals surface area contributed by atoms with Crippen molar-refractivity contribution in [2.75, 3.05) is 6.54 Å². The molecular formula is C7H13F2N. The zero-order chi connectivity index (χ0) is 7.98. The summed E-state index contributed by atoms with van der Waals surface area (Å²) >= 11 is 0. The number of halogens is 2. The molecule has 0 aliphatic rings. The van der Waals surface area contributed by atoms with Crippen LogP contribution in [0.4, 0.5) is 8.78 Å². The highest BCUT2D eigenvalue weighted by Crippen LogP contribution is 1.96. The largest absolute Gasteiger partial charge is 0.311 e. The number of alkyl halides is 2. The van der Waals surface area contributed by atoms with Gasteiger partial charge in [0.25, 0.3) is 0 Å². The first-order valence-electron chi connectivity index (χ1n) is 3.31. The highest BCUT2D eigenvalue weighted by molar-refractivity contribution is 4.80. The zero-order valence-corrected chi connectivity index (χ0v) is 6.11. The van der Waals surface area contributed by atoms with Gasteiger partial charge in [-0.05, 0) is 6.92 Å². The molecule has 1 N–H and O–H groups in total. The van der Waals surface area contributed by atoms with Crippen LogP contribution in [0, 0.1) is 0 Å². The van der Waals surface area contributed by atoms with Gasteiger partial charge >= 0.3 is 0 Å². The summed E-state index contributed by atoms with van der Waals surface area (Å²) in [4.78, 5) is 0. The molecule has 1 unspecified atom stereocenters. The molecule has 0 rings (SSSR count). The van der Waals surface area contributed by atoms with E-state index in [-0.39, 0.29) is 12.5 Å². The molecule has 0 fully saturated rings. The smallest absolute Gasteiger partial charge is 0.239 e. The first-order chi connectivity index (χ1) is 4.66. The van der Waals surface area contributed by atoms with Gasteiger partial charge < -0.3 is 5.32 Å². The maximum atomic E-state index is 11.5. The Labute approximate surface area is 60.1 Å². The van der Waals surface area contributed by atoms with Crippen LogP contribution in [0.5, 0.6) is 0 Å². The quantitative estimate of drug-likeness (QED) is 0.588. The van der Waals surface area contributed by atoms with E-state index in [1.54, 1.807) is 6.08 Å². The fourth-order valence-corrected chi connectivity index (χ4v) is 0.503. The lowest BCUT2D eigenvalue weighted by atomic mass is 10.3. The lowest BCUT2D eigenvalue weighted by Crippen LogP contribution is -2.25. The van der Waals surface area contributed by atoms with Crippen LogP contribution in [0.3, 0.4) is 0 Å². The minimum Gasteiger partial charge on any atom is -0.311 e. The van der Waals surface area contributed by atoms with Crippen LogP contribution < -0.4 is 5.32 Å². The second-order valence-corrected chi connectivity index (χ2v) is 2.16. The molecule has 0 aromatic rings. The average Bonchev–Trinajstić information content (AvgIpc) is 1.87. The predicted octanol–water partition coefficient (Wildman–Crippen LogP) is 1.81. The summed E-state index contributed by atoms with van der Waals surface area (Å²) in [6.45, 7) is 5.73. The maximum absolute atomic E-state index is 11.5. The Bertz CT molecular complexity index is 93.6. The molecule has 60 valence electrons. The lowest BCUT2D eigenvalue weighted by Gasteiger charge is -2.07. The molecule has 0 spiro atoms. The summed E-state index contributed by atoms with van der Waals surface area (Å²) in [7, 11) is 0. The van der Waals surface area contributed by atoms with E-state index in [9.17, 15) is 8.78 Å². The number of hydrogen-bond donors (Lipinski definition) is 1. The third kappa shape index (κ3) is 5.69. The second kappa shape index (κ2) is 5.35. The molecule has 0 aliphatic carbocycles. The number of hydrogen-bond acceptors (Lipinski definition) is 1. The van der Waals surface area contributed by atoms with Gasteiger partial charge in [-0.1, -0.05) is 6.08 Å². The van der Waals surface area contributed by atoms with Crippen molar-refractivity contribution in [2.24, 2.45) is 0 Å². The van der Waals surface area contributed by atoms with Crippen LogP contribution in [0.1, 0.15) is 13.3 Å². The first-order valence-corrected chi connectivity index (χ1v) is 3.31. The molecule has 1 atom stereocenters. The van der Waals surface area contributed by atoms with E-state index in [1.807, 2.05) is 6.92 Å². The van der Waals surface area contributed by atoms with E-state index < -0.39 is 6.43 Å². The second-order valence-electron chi connectivity index (χ2n) is 2.16. The molecule has 0 bridgehead atoms. The summed E-state index contributed by atoms with van der Waals surface area (Å²) in [5.41, 5.74) is 0. The Morgan fingerprint density at radius 2 is 2.20 bits per heavy atom. The van der Waals surface area contributed by atoms with E-state index in [1.165, 1.54) is 0 Å². The molecule has 0 heterocycles. The Morgan fingerprint density at radius 3 is 2.60 bits per heavy atom. The first kappa shape index (κ1) is 9.56. The van der Waals surface area contributed by atoms with Gasteiger partial charge in [0.15, 0.2) is 0 Å². The van der Waals surface area contributed by atoms with Gasteiger partial charge in [0.1, 0.15) is 0 Å². The fraction of sp³-hybridized carbons (Fsp3) is 0.714. The molecule has 0 saturated heterocycles. The van der Waals surface area contributed by atoms with E-state index in [2.05, 4.69) is 11.9 Å². The standard InChI is InChI=1S/C7H13F2N/c1-3-6(2)10-5-4-7(8)9/h3,6-7,10H,1,4-5H2,2H3. The van der Waals surface area contributed by atoms with Crippen molar-refractivity contribution in [3.63, 3.8) is 0 Å². The molecule has 10 heavy (non-hydrogen) atoms. The molecule has 0 aromatic heterocycles. The molecule has 0 aromatic carbocycles. The Morgan fingerprint density at radius 1 is 1.60 bits per heavy atom. The molecular weight excluding hydrogens is 136 g/mol. The van der Waals surface area contributed by atoms with E-state index in [4.69, 9.17) is 0 Å². The van der Waals surface area contributed by atoms with Gasteiger partial charge in [-0.2, -0.15) is 0 Å². The molecule has 0 radical (unpaired) electrons. The number of nitrogens with one attached hydrogen (secondary N) is 1. The van der Waals surface area contributed by atoms with Gasteiger partial charge in [-0.15, -0.1) is 6.58 Å². The third-order valence-electron chi connectivity index (χ3n) is 1.18. The van der Waals surface area contributed by atoms with E-state index in [0.29, 0.717) is 6.54 Å². The van der Waals surface area contributed by atoms with Gasteiger partial charge in [-0.3, -0.25) is 0 Å². The topological polar surface area (TPSA) is 12.0 Å². The molecule has 0 amide bonds. The Kier molecular flexibility index (Phi) is 5.12. The van der Waals surface area contributed by atoms with Crippen molar-refractivity contribution in [1.29, 1.82) is 0 Å². The van der Waals surface area contributed by atoms with Gasteiger partial charge in [0.2, 0.25) is 6.43 Å². The molecule has 0 aliphatic heterocycles. The highest BCUT2D eigenvalue weighted by Gasteiger charge is 2.01. The van der Waals surface area contributed by atoms with Crippen molar-refractivity contribution in [3.8, 4) is 0 Å². The summed E-state index contributed by atoms with van der Waals surface area (Å²) < 4.78 is 23.0. The van der Waals surface area contributed by atoms with Crippen LogP contribution in [-0.2, 0) is 0 Å².